The van der Waals surface area contributed by atoms with Crippen molar-refractivity contribution in [3.05, 3.63) is 66.2 Å². The maximum absolute atomic E-state index is 9.04. The highest BCUT2D eigenvalue weighted by molar-refractivity contribution is 6.26. The highest BCUT2D eigenvalue weighted by Crippen LogP contribution is 2.36. The summed E-state index contributed by atoms with van der Waals surface area (Å²) in [5, 5.41) is 20.9. The first kappa shape index (κ1) is 26.7. The number of ether oxygens (including phenoxy) is 5. The van der Waals surface area contributed by atoms with Gasteiger partial charge in [-0.05, 0) is 29.0 Å². The van der Waals surface area contributed by atoms with Gasteiger partial charge in [-0.2, -0.15) is 0 Å². The van der Waals surface area contributed by atoms with Crippen molar-refractivity contribution in [1.82, 2.24) is 0 Å². The van der Waals surface area contributed by atoms with Crippen LogP contribution in [-0.4, -0.2) is 63.7 Å². The fourth-order valence-electron chi connectivity index (χ4n) is 3.61. The average Bonchev–Trinajstić information content (AvgIpc) is 3.37. The maximum Gasteiger partial charge on any atom is 0.351 e. The van der Waals surface area contributed by atoms with E-state index in [0.29, 0.717) is 30.5 Å². The number of carbonyl (C=O) groups excluding carboxylic acids is 1. The third-order valence-electron chi connectivity index (χ3n) is 5.35. The molecular formula is C26H29NO9. The molecule has 36 heavy (non-hydrogen) atoms. The van der Waals surface area contributed by atoms with Crippen LogP contribution in [0.25, 0.3) is 10.8 Å². The minimum absolute atomic E-state index is 0.0577. The van der Waals surface area contributed by atoms with Crippen LogP contribution in [0.1, 0.15) is 11.9 Å². The van der Waals surface area contributed by atoms with E-state index < -0.39 is 11.9 Å². The largest absolute Gasteiger partial charge is 0.539 e. The molecule has 0 spiro atoms. The molecule has 3 aromatic carbocycles. The minimum atomic E-state index is -2.07. The Hall–Kier alpha value is -3.86. The van der Waals surface area contributed by atoms with Crippen molar-refractivity contribution in [2.24, 2.45) is 0 Å². The molecule has 3 N–H and O–H groups in total. The molecule has 0 amide bonds. The van der Waals surface area contributed by atoms with Gasteiger partial charge in [0, 0.05) is 5.56 Å². The van der Waals surface area contributed by atoms with Gasteiger partial charge in [0.25, 0.3) is 0 Å². The molecule has 10 heteroatoms. The molecule has 4 rings (SSSR count). The number of fused-ring (bicyclic) bond motifs is 1. The number of hydrogen-bond donors (Lipinski definition) is 2. The molecule has 1 fully saturated rings. The van der Waals surface area contributed by atoms with Gasteiger partial charge < -0.3 is 44.0 Å². The van der Waals surface area contributed by atoms with Crippen molar-refractivity contribution in [3.8, 4) is 17.2 Å². The smallest absolute Gasteiger partial charge is 0.351 e. The molecule has 2 atom stereocenters. The first-order valence-corrected chi connectivity index (χ1v) is 11.3. The lowest BCUT2D eigenvalue weighted by Gasteiger charge is -2.14. The van der Waals surface area contributed by atoms with Gasteiger partial charge >= 0.3 is 5.97 Å². The molecule has 0 radical (unpaired) electrons. The molecule has 0 saturated carbocycles. The van der Waals surface area contributed by atoms with Crippen LogP contribution in [-0.2, 0) is 19.1 Å². The summed E-state index contributed by atoms with van der Waals surface area (Å²) in [5.74, 6) is -2.04. The van der Waals surface area contributed by atoms with E-state index >= 15 is 0 Å². The van der Waals surface area contributed by atoms with E-state index in [9.17, 15) is 0 Å². The van der Waals surface area contributed by atoms with Gasteiger partial charge in [0.15, 0.2) is 23.8 Å². The molecule has 0 unspecified atom stereocenters. The summed E-state index contributed by atoms with van der Waals surface area (Å²) in [4.78, 5) is 18.0. The number of aliphatic carboxylic acids is 2. The zero-order chi connectivity index (χ0) is 25.9. The first-order valence-electron chi connectivity index (χ1n) is 11.3. The number of methoxy groups -OCH3 is 2. The number of quaternary nitrogens is 1. The van der Waals surface area contributed by atoms with Crippen LogP contribution in [0.4, 0.5) is 0 Å². The van der Waals surface area contributed by atoms with Crippen molar-refractivity contribution in [2.75, 3.05) is 40.5 Å². The highest BCUT2D eigenvalue weighted by Gasteiger charge is 2.28. The average molecular weight is 500 g/mol. The SMILES string of the molecule is COc1cccc(OC)c1OCC[NH2+]C[C@@H]1CO[C@H](c2ccc3ccccc3c2)O1.O=C([O-])C(=O)O. The van der Waals surface area contributed by atoms with Crippen LogP contribution in [0.15, 0.2) is 60.7 Å². The van der Waals surface area contributed by atoms with Crippen LogP contribution in [0.5, 0.6) is 17.2 Å². The Morgan fingerprint density at radius 1 is 1.03 bits per heavy atom. The molecular weight excluding hydrogens is 470 g/mol. The van der Waals surface area contributed by atoms with E-state index in [1.165, 1.54) is 10.8 Å². The molecule has 10 nitrogen and oxygen atoms in total. The lowest BCUT2D eigenvalue weighted by atomic mass is 10.1. The zero-order valence-electron chi connectivity index (χ0n) is 20.0. The van der Waals surface area contributed by atoms with Gasteiger partial charge in [-0.1, -0.05) is 42.5 Å². The Morgan fingerprint density at radius 2 is 1.69 bits per heavy atom. The van der Waals surface area contributed by atoms with E-state index in [4.69, 9.17) is 43.5 Å². The Morgan fingerprint density at radius 3 is 2.33 bits per heavy atom. The lowest BCUT2D eigenvalue weighted by molar-refractivity contribution is -0.661. The van der Waals surface area contributed by atoms with Gasteiger partial charge in [0.05, 0.1) is 20.8 Å². The van der Waals surface area contributed by atoms with E-state index in [-0.39, 0.29) is 12.4 Å². The third-order valence-corrected chi connectivity index (χ3v) is 5.35. The Bertz CT molecular complexity index is 1130. The second-order valence-electron chi connectivity index (χ2n) is 7.78. The summed E-state index contributed by atoms with van der Waals surface area (Å²) in [5.41, 5.74) is 1.06. The third kappa shape index (κ3) is 7.32. The number of rotatable bonds is 9. The van der Waals surface area contributed by atoms with Crippen LogP contribution in [0.3, 0.4) is 0 Å². The number of carbonyl (C=O) groups is 2. The topological polar surface area (TPSA) is 140 Å². The summed E-state index contributed by atoms with van der Waals surface area (Å²) >= 11 is 0. The molecule has 3 aromatic rings. The van der Waals surface area contributed by atoms with Crippen LogP contribution in [0.2, 0.25) is 0 Å². The Labute approximate surface area is 208 Å². The van der Waals surface area contributed by atoms with E-state index in [0.717, 1.165) is 18.7 Å². The summed E-state index contributed by atoms with van der Waals surface area (Å²) in [6.45, 7) is 2.74. The second-order valence-corrected chi connectivity index (χ2v) is 7.78. The number of para-hydroxylation sites is 1. The van der Waals surface area contributed by atoms with Gasteiger partial charge in [-0.3, -0.25) is 0 Å². The summed E-state index contributed by atoms with van der Waals surface area (Å²) < 4.78 is 28.6. The minimum Gasteiger partial charge on any atom is -0.539 e. The van der Waals surface area contributed by atoms with Crippen molar-refractivity contribution in [2.45, 2.75) is 12.4 Å². The van der Waals surface area contributed by atoms with E-state index in [1.807, 2.05) is 30.3 Å². The number of carboxylic acids is 2. The van der Waals surface area contributed by atoms with Crippen LogP contribution >= 0.6 is 0 Å². The predicted molar refractivity (Wildman–Crippen MR) is 127 cm³/mol. The van der Waals surface area contributed by atoms with Gasteiger partial charge in [0.2, 0.25) is 5.75 Å². The van der Waals surface area contributed by atoms with Crippen molar-refractivity contribution >= 4 is 22.7 Å². The predicted octanol–water partition coefficient (Wildman–Crippen LogP) is 0.734. The molecule has 1 aliphatic rings. The quantitative estimate of drug-likeness (QED) is 0.322. The lowest BCUT2D eigenvalue weighted by Crippen LogP contribution is -2.87. The summed E-state index contributed by atoms with van der Waals surface area (Å²) in [7, 11) is 3.24. The molecule has 192 valence electrons. The molecule has 0 aromatic heterocycles. The number of nitrogens with two attached hydrogens (primary N) is 1. The van der Waals surface area contributed by atoms with Crippen molar-refractivity contribution in [3.63, 3.8) is 0 Å². The fourth-order valence-corrected chi connectivity index (χ4v) is 3.61. The highest BCUT2D eigenvalue weighted by atomic mass is 16.7. The van der Waals surface area contributed by atoms with Gasteiger partial charge in [0.1, 0.15) is 25.8 Å². The normalized spacial score (nSPS) is 16.6. The number of hydrogen-bond acceptors (Lipinski definition) is 8. The first-order chi connectivity index (χ1) is 17.4. The second kappa shape index (κ2) is 13.3. The Kier molecular flexibility index (Phi) is 9.87. The van der Waals surface area contributed by atoms with Crippen LogP contribution in [0, 0.1) is 0 Å². The number of carboxylic acid groups (broad SMARTS) is 2. The van der Waals surface area contributed by atoms with Crippen molar-refractivity contribution in [1.29, 1.82) is 0 Å². The molecule has 1 heterocycles. The van der Waals surface area contributed by atoms with Gasteiger partial charge in [-0.25, -0.2) is 4.79 Å². The number of benzene rings is 3. The van der Waals surface area contributed by atoms with Crippen molar-refractivity contribution < 1.29 is 48.8 Å². The van der Waals surface area contributed by atoms with E-state index in [1.54, 1.807) is 14.2 Å². The zero-order valence-corrected chi connectivity index (χ0v) is 20.0. The summed E-state index contributed by atoms with van der Waals surface area (Å²) in [6.07, 6.45) is -0.246. The van der Waals surface area contributed by atoms with Gasteiger partial charge in [-0.15, -0.1) is 0 Å². The van der Waals surface area contributed by atoms with E-state index in [2.05, 4.69) is 35.6 Å². The summed E-state index contributed by atoms with van der Waals surface area (Å²) in [6, 6.07) is 20.2. The van der Waals surface area contributed by atoms with Crippen LogP contribution < -0.4 is 24.6 Å². The molecule has 0 aliphatic carbocycles. The molecule has 0 bridgehead atoms. The molecule has 1 aliphatic heterocycles. The standard InChI is InChI=1S/C24H27NO5.C2H2O4/c1-26-21-8-5-9-22(27-2)23(21)28-13-12-25-15-20-16-29-24(30-20)19-11-10-17-6-3-4-7-18(17)14-19;3-1(4)2(5)6/h3-11,14,20,24-25H,12-13,15-16H2,1-2H3;(H,3,4)(H,5,6)/t20-,24+;/m1./s1. The molecule has 1 saturated heterocycles. The maximum atomic E-state index is 9.04. The monoisotopic (exact) mass is 499 g/mol. The Balaban J connectivity index is 0.000000538. The fraction of sp³-hybridized carbons (Fsp3) is 0.308.